The number of fused-ring (bicyclic) bond motifs is 1. The molecule has 48 heteroatoms. The van der Waals surface area contributed by atoms with Crippen LogP contribution >= 0.6 is 25.3 Å². The molecule has 3 aromatic heterocycles. The van der Waals surface area contributed by atoms with Gasteiger partial charge in [-0.05, 0) is 107 Å². The minimum atomic E-state index is -1.70. The van der Waals surface area contributed by atoms with Crippen LogP contribution in [0.5, 0.6) is 0 Å². The first-order valence-electron chi connectivity index (χ1n) is 43.9. The number of imidazole rings is 2. The summed E-state index contributed by atoms with van der Waals surface area (Å²) in [5.74, 6) is -15.2. The molecule has 3 saturated heterocycles. The van der Waals surface area contributed by atoms with Gasteiger partial charge in [-0.25, -0.2) is 9.97 Å². The lowest BCUT2D eigenvalue weighted by molar-refractivity contribution is -0.148. The number of likely N-dealkylation sites (tertiary alicyclic amines) is 3. The molecule has 0 aliphatic carbocycles. The molecule has 132 heavy (non-hydrogen) atoms. The smallest absolute Gasteiger partial charge is 0.303 e. The number of hydrogen-bond acceptors (Lipinski definition) is 23. The van der Waals surface area contributed by atoms with Crippen molar-refractivity contribution in [2.75, 3.05) is 50.8 Å². The predicted molar refractivity (Wildman–Crippen MR) is 489 cm³/mol. The molecule has 6 heterocycles. The number of nitrogens with two attached hydrogens (primary N) is 4. The summed E-state index contributed by atoms with van der Waals surface area (Å²) in [5, 5.41) is 70.6. The summed E-state index contributed by atoms with van der Waals surface area (Å²) in [6.45, 7) is 3.44. The number of carbonyl (C=O) groups excluding carboxylic acids is 15. The van der Waals surface area contributed by atoms with Gasteiger partial charge in [0.25, 0.3) is 0 Å². The summed E-state index contributed by atoms with van der Waals surface area (Å²) >= 11 is 8.80. The van der Waals surface area contributed by atoms with E-state index in [1.807, 2.05) is 0 Å². The average molecular weight is 1880 g/mol. The molecule has 29 N–H and O–H groups in total. The van der Waals surface area contributed by atoms with Gasteiger partial charge in [-0.3, -0.25) is 92.9 Å². The van der Waals surface area contributed by atoms with E-state index in [2.05, 4.69) is 125 Å². The standard InChI is InChI=1S/C84H123N29O17S2/c1-3-4-19-54(70(119)103-55(22-11-30-95-83(88)89)69(118)101-53(68(85)117)21-10-29-94-82(86)87)102-72(121)57(27-28-67(115)116)104-71(120)56(23-12-31-96-84(90)91)105-77(126)65-25-14-33-112(65)81(130)66-26-15-34-113(66)80(129)63(43-132)110-74(123)59(36-48-39-97-52-20-9-8-18-51(48)52)107-75(124)60(37-49-40-92-44-98-49)108-73(122)58(35-47-16-6-5-7-17-47)106-76(125)61(38-50-41-93-45-99-50)109-78(127)64-24-13-32-111(64)79(128)62(42-131)100-46(2)114/h5-9,16-18,20,39-41,44-45,53-66,97,131-132H,3-4,10-15,19,21-38,42-43H2,1-2H3,(H2,85,117)(H,92,98)(H,93,99)(H,100,114)(H,101,118)(H,102,121)(H,103,119)(H,104,120)(H,105,126)(H,106,125)(H,107,124)(H,108,122)(H,109,127)(H,110,123)(H,115,116)(H4,86,87,94)(H4,88,89,95)(H4,90,91,96)/t53-,54+,55+,56-,57+,58-,59+,60+,61+,62+,63+,64+,65+,66+/m1/s1. The van der Waals surface area contributed by atoms with E-state index >= 15 is 24.0 Å². The van der Waals surface area contributed by atoms with Crippen LogP contribution in [-0.2, 0) is 102 Å². The summed E-state index contributed by atoms with van der Waals surface area (Å²) in [6.07, 6.45) is 7.46. The van der Waals surface area contributed by atoms with Crippen molar-refractivity contribution in [1.29, 1.82) is 16.2 Å². The molecule has 5 aromatic rings. The lowest BCUT2D eigenvalue weighted by Gasteiger charge is -2.33. The molecule has 0 bridgehead atoms. The number of para-hydroxylation sites is 1. The average Bonchev–Trinajstić information content (AvgIpc) is 1.65. The van der Waals surface area contributed by atoms with Crippen LogP contribution in [0.25, 0.3) is 10.9 Å². The van der Waals surface area contributed by atoms with E-state index in [1.54, 1.807) is 67.7 Å². The number of thiol groups is 2. The Balaban J connectivity index is 0.990. The van der Waals surface area contributed by atoms with E-state index in [0.29, 0.717) is 47.0 Å². The zero-order valence-electron chi connectivity index (χ0n) is 73.6. The van der Waals surface area contributed by atoms with E-state index in [1.165, 1.54) is 46.7 Å². The number of amides is 15. The summed E-state index contributed by atoms with van der Waals surface area (Å²) in [6, 6.07) is -3.64. The number of carbonyl (C=O) groups is 16. The van der Waals surface area contributed by atoms with Gasteiger partial charge in [0.15, 0.2) is 17.9 Å². The normalized spacial score (nSPS) is 17.1. The van der Waals surface area contributed by atoms with E-state index in [4.69, 9.17) is 39.2 Å². The molecule has 0 unspecified atom stereocenters. The van der Waals surface area contributed by atoms with Crippen LogP contribution in [0, 0.1) is 16.2 Å². The molecule has 718 valence electrons. The molecule has 8 rings (SSSR count). The molecule has 14 atom stereocenters. The number of carboxylic acids is 1. The van der Waals surface area contributed by atoms with Crippen LogP contribution in [0.4, 0.5) is 0 Å². The predicted octanol–water partition coefficient (Wildman–Crippen LogP) is -4.60. The van der Waals surface area contributed by atoms with Gasteiger partial charge in [-0.15, -0.1) is 0 Å². The Kier molecular flexibility index (Phi) is 41.1. The Hall–Kier alpha value is -13.6. The van der Waals surface area contributed by atoms with Gasteiger partial charge in [0.05, 0.1) is 24.0 Å². The summed E-state index contributed by atoms with van der Waals surface area (Å²) < 4.78 is 0. The van der Waals surface area contributed by atoms with Crippen LogP contribution in [0.2, 0.25) is 0 Å². The summed E-state index contributed by atoms with van der Waals surface area (Å²) in [5.41, 5.74) is 24.5. The number of unbranched alkanes of at least 4 members (excludes halogenated alkanes) is 1. The van der Waals surface area contributed by atoms with Crippen molar-refractivity contribution in [3.05, 3.63) is 108 Å². The second-order valence-corrected chi connectivity index (χ2v) is 33.2. The van der Waals surface area contributed by atoms with Gasteiger partial charge in [0, 0.05) is 119 Å². The molecule has 0 spiro atoms. The molecule has 0 radical (unpaired) electrons. The zero-order valence-corrected chi connectivity index (χ0v) is 75.4. The van der Waals surface area contributed by atoms with Crippen molar-refractivity contribution in [2.45, 2.75) is 233 Å². The number of nitrogens with one attached hydrogen (secondary N) is 20. The fraction of sp³-hybridized carbons (Fsp3) is 0.536. The number of hydrogen-bond donors (Lipinski definition) is 27. The number of carboxylic acid groups (broad SMARTS) is 1. The highest BCUT2D eigenvalue weighted by molar-refractivity contribution is 7.80. The van der Waals surface area contributed by atoms with E-state index in [0.717, 1.165) is 0 Å². The Bertz CT molecular complexity index is 4830. The highest BCUT2D eigenvalue weighted by Crippen LogP contribution is 2.28. The van der Waals surface area contributed by atoms with Crippen LogP contribution in [0.1, 0.15) is 146 Å². The van der Waals surface area contributed by atoms with Crippen LogP contribution in [-0.4, -0.2) is 293 Å². The first kappa shape index (κ1) is 104. The van der Waals surface area contributed by atoms with E-state index in [9.17, 15) is 57.8 Å². The second-order valence-electron chi connectivity index (χ2n) is 32.5. The molecule has 3 fully saturated rings. The van der Waals surface area contributed by atoms with Gasteiger partial charge in [0.1, 0.15) is 84.6 Å². The van der Waals surface area contributed by atoms with Crippen LogP contribution in [0.3, 0.4) is 0 Å². The number of aromatic nitrogens is 5. The largest absolute Gasteiger partial charge is 0.481 e. The first-order valence-corrected chi connectivity index (χ1v) is 45.2. The van der Waals surface area contributed by atoms with Gasteiger partial charge in [-0.2, -0.15) is 25.3 Å². The third kappa shape index (κ3) is 31.9. The maximum atomic E-state index is 15.3. The molecule has 46 nitrogen and oxygen atoms in total. The van der Waals surface area contributed by atoms with Crippen molar-refractivity contribution in [1.82, 2.24) is 114 Å². The molecule has 0 saturated carbocycles. The lowest BCUT2D eigenvalue weighted by atomic mass is 10.0. The van der Waals surface area contributed by atoms with Gasteiger partial charge in [0.2, 0.25) is 88.6 Å². The van der Waals surface area contributed by atoms with Gasteiger partial charge in [-0.1, -0.05) is 68.3 Å². The highest BCUT2D eigenvalue weighted by atomic mass is 32.1. The maximum Gasteiger partial charge on any atom is 0.303 e. The zero-order chi connectivity index (χ0) is 96.1. The van der Waals surface area contributed by atoms with Gasteiger partial charge >= 0.3 is 5.97 Å². The van der Waals surface area contributed by atoms with Crippen LogP contribution < -0.4 is 97.4 Å². The third-order valence-electron chi connectivity index (χ3n) is 22.6. The monoisotopic (exact) mass is 1870 g/mol. The van der Waals surface area contributed by atoms with E-state index < -0.39 is 198 Å². The fourth-order valence-electron chi connectivity index (χ4n) is 15.9. The third-order valence-corrected chi connectivity index (χ3v) is 23.4. The lowest BCUT2D eigenvalue weighted by Crippen LogP contribution is -2.61. The Morgan fingerprint density at radius 2 is 0.826 bits per heavy atom. The molecular weight excluding hydrogens is 1750 g/mol. The Morgan fingerprint density at radius 3 is 1.29 bits per heavy atom. The Labute approximate surface area is 772 Å². The SMILES string of the molecule is CCCC[C@H](NC(=O)[C@H](CCC(=O)O)NC(=O)[C@@H](CCCNC(=N)N)NC(=O)[C@@H]1CCCN1C(=O)[C@@H]1CCCN1C(=O)[C@H](CS)NC(=O)[C@H](Cc1c[nH]c2ccccc12)NC(=O)[C@H](Cc1c[nH]cn1)NC(=O)[C@@H](Cc1ccccc1)NC(=O)[C@H](Cc1c[nH]cn1)NC(=O)[C@@H]1CCCN1C(=O)[C@H](CS)NC(C)=O)C(=O)N[C@@H](CCCNC(=N)N)C(=O)N[C@H](CCCNC(=N)N)C(N)=O. The second kappa shape index (κ2) is 52.3. The number of benzene rings is 2. The topological polar surface area (TPSA) is 720 Å². The number of nitrogens with zero attached hydrogens (tertiary/aromatic N) is 5. The molecule has 3 aliphatic heterocycles. The number of primary amides is 1. The van der Waals surface area contributed by atoms with Crippen LogP contribution in [0.15, 0.2) is 85.8 Å². The highest BCUT2D eigenvalue weighted by Gasteiger charge is 2.46. The molecule has 15 amide bonds. The van der Waals surface area contributed by atoms with Crippen molar-refractivity contribution in [3.8, 4) is 0 Å². The minimum absolute atomic E-state index is 0.000472. The van der Waals surface area contributed by atoms with Gasteiger partial charge < -0.3 is 132 Å². The van der Waals surface area contributed by atoms with Crippen molar-refractivity contribution in [2.24, 2.45) is 22.9 Å². The minimum Gasteiger partial charge on any atom is -0.481 e. The number of aliphatic carboxylic acids is 1. The maximum absolute atomic E-state index is 15.3. The number of rotatable bonds is 53. The fourth-order valence-corrected chi connectivity index (χ4v) is 16.4. The quantitative estimate of drug-likeness (QED) is 0.00754. The van der Waals surface area contributed by atoms with Crippen molar-refractivity contribution in [3.63, 3.8) is 0 Å². The summed E-state index contributed by atoms with van der Waals surface area (Å²) in [4.78, 5) is 250. The van der Waals surface area contributed by atoms with E-state index in [-0.39, 0.29) is 171 Å². The van der Waals surface area contributed by atoms with Crippen molar-refractivity contribution >= 4 is 149 Å². The number of aromatic amines is 3. The number of guanidine groups is 3. The number of H-pyrrole nitrogens is 3. The van der Waals surface area contributed by atoms with Crippen molar-refractivity contribution < 1.29 is 81.8 Å². The molecular formula is C84H123N29O17S2. The molecule has 3 aliphatic rings. The summed E-state index contributed by atoms with van der Waals surface area (Å²) in [7, 11) is 0. The first-order chi connectivity index (χ1) is 63.2. The Morgan fingerprint density at radius 1 is 0.447 bits per heavy atom. The molecule has 2 aromatic carbocycles.